The fraction of sp³-hybridized carbons (Fsp3) is 0.467. The Morgan fingerprint density at radius 1 is 1.02 bits per heavy atom. The molecule has 2 aliphatic heterocycles. The fourth-order valence-corrected chi connectivity index (χ4v) is 6.51. The SMILES string of the molecule is CCCCCN1C(=O)/C(=C/c2c(C)c(C#N)c(=O)n(CCCC)c2N2CCN(c3ccccc3F)CC2)SC1=S. The van der Waals surface area contributed by atoms with Crippen LogP contribution in [0.5, 0.6) is 0 Å². The first-order valence-electron chi connectivity index (χ1n) is 14.0. The van der Waals surface area contributed by atoms with E-state index in [2.05, 4.69) is 24.8 Å². The van der Waals surface area contributed by atoms with Crippen LogP contribution in [0, 0.1) is 24.1 Å². The van der Waals surface area contributed by atoms with Gasteiger partial charge in [0.15, 0.2) is 0 Å². The minimum Gasteiger partial charge on any atom is -0.366 e. The largest absolute Gasteiger partial charge is 0.366 e. The molecular weight excluding hydrogens is 545 g/mol. The summed E-state index contributed by atoms with van der Waals surface area (Å²) in [6.07, 6.45) is 6.42. The Labute approximate surface area is 245 Å². The molecule has 40 heavy (non-hydrogen) atoms. The topological polar surface area (TPSA) is 72.6 Å². The average molecular weight is 582 g/mol. The Hall–Kier alpha value is -3.16. The van der Waals surface area contributed by atoms with Gasteiger partial charge in [0.25, 0.3) is 11.5 Å². The smallest absolute Gasteiger partial charge is 0.270 e. The highest BCUT2D eigenvalue weighted by molar-refractivity contribution is 8.26. The molecule has 0 bridgehead atoms. The molecule has 1 amide bonds. The molecule has 0 saturated carbocycles. The summed E-state index contributed by atoms with van der Waals surface area (Å²) >= 11 is 6.82. The van der Waals surface area contributed by atoms with Gasteiger partial charge in [-0.2, -0.15) is 5.26 Å². The Morgan fingerprint density at radius 3 is 2.35 bits per heavy atom. The molecule has 1 aromatic heterocycles. The van der Waals surface area contributed by atoms with E-state index in [0.717, 1.165) is 32.1 Å². The highest BCUT2D eigenvalue weighted by Gasteiger charge is 2.33. The molecule has 212 valence electrons. The van der Waals surface area contributed by atoms with Crippen molar-refractivity contribution in [2.75, 3.05) is 42.5 Å². The number of thiocarbonyl (C=S) groups is 1. The second kappa shape index (κ2) is 13.5. The molecule has 0 aliphatic carbocycles. The van der Waals surface area contributed by atoms with Crippen LogP contribution in [0.15, 0.2) is 34.0 Å². The van der Waals surface area contributed by atoms with E-state index in [9.17, 15) is 19.2 Å². The molecule has 2 fully saturated rings. The number of pyridine rings is 1. The number of hydrogen-bond donors (Lipinski definition) is 0. The van der Waals surface area contributed by atoms with Gasteiger partial charge in [0.2, 0.25) is 0 Å². The predicted molar refractivity (Wildman–Crippen MR) is 165 cm³/mol. The van der Waals surface area contributed by atoms with E-state index in [0.29, 0.717) is 71.1 Å². The van der Waals surface area contributed by atoms with Crippen molar-refractivity contribution in [2.24, 2.45) is 0 Å². The van der Waals surface area contributed by atoms with Crippen molar-refractivity contribution in [3.63, 3.8) is 0 Å². The van der Waals surface area contributed by atoms with Gasteiger partial charge in [-0.15, -0.1) is 0 Å². The number of nitrogens with zero attached hydrogens (tertiary/aromatic N) is 5. The van der Waals surface area contributed by atoms with Crippen molar-refractivity contribution in [1.29, 1.82) is 5.26 Å². The first-order chi connectivity index (χ1) is 19.3. The monoisotopic (exact) mass is 581 g/mol. The number of hydrogen-bond acceptors (Lipinski definition) is 7. The van der Waals surface area contributed by atoms with E-state index < -0.39 is 0 Å². The summed E-state index contributed by atoms with van der Waals surface area (Å²) in [6, 6.07) is 8.86. The third-order valence-corrected chi connectivity index (χ3v) is 8.87. The number of carbonyl (C=O) groups excluding carboxylic acids is 1. The lowest BCUT2D eigenvalue weighted by Crippen LogP contribution is -2.49. The molecule has 2 saturated heterocycles. The van der Waals surface area contributed by atoms with Crippen LogP contribution in [0.3, 0.4) is 0 Å². The lowest BCUT2D eigenvalue weighted by Gasteiger charge is -2.39. The first kappa shape index (κ1) is 29.8. The van der Waals surface area contributed by atoms with Crippen molar-refractivity contribution in [2.45, 2.75) is 59.4 Å². The van der Waals surface area contributed by atoms with Crippen molar-refractivity contribution in [1.82, 2.24) is 9.47 Å². The van der Waals surface area contributed by atoms with Gasteiger partial charge in [0, 0.05) is 44.8 Å². The van der Waals surface area contributed by atoms with Gasteiger partial charge in [0.05, 0.1) is 10.6 Å². The van der Waals surface area contributed by atoms with Gasteiger partial charge in [-0.3, -0.25) is 19.1 Å². The predicted octanol–water partition coefficient (Wildman–Crippen LogP) is 5.69. The maximum atomic E-state index is 14.5. The second-order valence-corrected chi connectivity index (χ2v) is 11.8. The van der Waals surface area contributed by atoms with Gasteiger partial charge < -0.3 is 9.80 Å². The van der Waals surface area contributed by atoms with Gasteiger partial charge in [0.1, 0.15) is 27.6 Å². The van der Waals surface area contributed by atoms with Gasteiger partial charge in [-0.05, 0) is 43.5 Å². The number of piperazine rings is 1. The first-order valence-corrected chi connectivity index (χ1v) is 15.2. The molecule has 1 aromatic carbocycles. The van der Waals surface area contributed by atoms with Crippen LogP contribution in [0.4, 0.5) is 15.9 Å². The number of amides is 1. The summed E-state index contributed by atoms with van der Waals surface area (Å²) in [6.45, 7) is 9.26. The number of halogens is 1. The molecular formula is C30H36FN5O2S2. The normalized spacial score (nSPS) is 16.8. The number of nitriles is 1. The van der Waals surface area contributed by atoms with Crippen molar-refractivity contribution >= 4 is 51.8 Å². The van der Waals surface area contributed by atoms with Crippen LogP contribution in [-0.2, 0) is 11.3 Å². The van der Waals surface area contributed by atoms with Crippen molar-refractivity contribution in [3.05, 3.63) is 62.0 Å². The van der Waals surface area contributed by atoms with E-state index in [1.165, 1.54) is 17.8 Å². The third kappa shape index (κ3) is 6.11. The van der Waals surface area contributed by atoms with Crippen LogP contribution in [0.1, 0.15) is 62.6 Å². The molecule has 3 heterocycles. The second-order valence-electron chi connectivity index (χ2n) is 10.1. The van der Waals surface area contributed by atoms with Crippen LogP contribution >= 0.6 is 24.0 Å². The lowest BCUT2D eigenvalue weighted by molar-refractivity contribution is -0.122. The van der Waals surface area contributed by atoms with E-state index in [1.54, 1.807) is 28.5 Å². The van der Waals surface area contributed by atoms with Crippen molar-refractivity contribution < 1.29 is 9.18 Å². The zero-order valence-electron chi connectivity index (χ0n) is 23.4. The summed E-state index contributed by atoms with van der Waals surface area (Å²) in [7, 11) is 0. The summed E-state index contributed by atoms with van der Waals surface area (Å²) in [4.78, 5) is 33.2. The highest BCUT2D eigenvalue weighted by atomic mass is 32.2. The summed E-state index contributed by atoms with van der Waals surface area (Å²) < 4.78 is 16.7. The zero-order valence-corrected chi connectivity index (χ0v) is 25.0. The lowest BCUT2D eigenvalue weighted by atomic mass is 10.0. The van der Waals surface area contributed by atoms with Crippen LogP contribution in [0.2, 0.25) is 0 Å². The van der Waals surface area contributed by atoms with Crippen molar-refractivity contribution in [3.8, 4) is 6.07 Å². The Bertz CT molecular complexity index is 1410. The number of carbonyl (C=O) groups is 1. The summed E-state index contributed by atoms with van der Waals surface area (Å²) in [5, 5.41) is 9.94. The minimum atomic E-state index is -0.316. The maximum absolute atomic E-state index is 14.5. The van der Waals surface area contributed by atoms with E-state index in [1.807, 2.05) is 17.0 Å². The third-order valence-electron chi connectivity index (χ3n) is 7.49. The van der Waals surface area contributed by atoms with Gasteiger partial charge in [-0.25, -0.2) is 4.39 Å². The number of anilines is 2. The molecule has 0 atom stereocenters. The van der Waals surface area contributed by atoms with Gasteiger partial charge in [-0.1, -0.05) is 69.2 Å². The van der Waals surface area contributed by atoms with E-state index >= 15 is 0 Å². The molecule has 2 aliphatic rings. The van der Waals surface area contributed by atoms with E-state index in [4.69, 9.17) is 12.2 Å². The fourth-order valence-electron chi connectivity index (χ4n) is 5.22. The maximum Gasteiger partial charge on any atom is 0.270 e. The number of thioether (sulfide) groups is 1. The molecule has 7 nitrogen and oxygen atoms in total. The number of para-hydroxylation sites is 1. The quantitative estimate of drug-likeness (QED) is 0.203. The zero-order chi connectivity index (χ0) is 28.8. The number of unbranched alkanes of at least 4 members (excludes halogenated alkanes) is 3. The van der Waals surface area contributed by atoms with Crippen LogP contribution in [0.25, 0.3) is 6.08 Å². The molecule has 2 aromatic rings. The molecule has 4 rings (SSSR count). The summed E-state index contributed by atoms with van der Waals surface area (Å²) in [5.41, 5.74) is 1.59. The molecule has 0 unspecified atom stereocenters. The number of aromatic nitrogens is 1. The van der Waals surface area contributed by atoms with Gasteiger partial charge >= 0.3 is 0 Å². The Kier molecular flexibility index (Phi) is 10.0. The Morgan fingerprint density at radius 2 is 1.70 bits per heavy atom. The molecule has 0 radical (unpaired) electrons. The van der Waals surface area contributed by atoms with E-state index in [-0.39, 0.29) is 22.8 Å². The Balaban J connectivity index is 1.76. The average Bonchev–Trinajstić information content (AvgIpc) is 3.22. The minimum absolute atomic E-state index is 0.0921. The number of rotatable bonds is 10. The highest BCUT2D eigenvalue weighted by Crippen LogP contribution is 2.36. The van der Waals surface area contributed by atoms with Crippen LogP contribution < -0.4 is 15.4 Å². The molecule has 0 N–H and O–H groups in total. The summed E-state index contributed by atoms with van der Waals surface area (Å²) in [5.74, 6) is 0.316. The van der Waals surface area contributed by atoms with Crippen LogP contribution in [-0.4, -0.2) is 52.4 Å². The number of benzene rings is 1. The molecule has 0 spiro atoms. The molecule has 10 heteroatoms. The standard InChI is InChI=1S/C30H36FN5O2S2/c1-4-6-10-14-36-29(38)26(40-30(36)39)19-22-21(3)23(20-32)28(37)35(13-7-5-2)27(22)34-17-15-33(16-18-34)25-12-9-8-11-24(25)31/h8-9,11-12,19H,4-7,10,13-18H2,1-3H3/b26-19-.